The zero-order valence-corrected chi connectivity index (χ0v) is 12.3. The number of nitrogens with zero attached hydrogens (tertiary/aromatic N) is 2. The molecular formula is C15H19N3O3. The lowest BCUT2D eigenvalue weighted by atomic mass is 10.2. The number of ether oxygens (including phenoxy) is 3. The van der Waals surface area contributed by atoms with Gasteiger partial charge in [0.25, 0.3) is 0 Å². The normalized spacial score (nSPS) is 25.6. The highest BCUT2D eigenvalue weighted by Crippen LogP contribution is 2.35. The Morgan fingerprint density at radius 3 is 2.67 bits per heavy atom. The fourth-order valence-corrected chi connectivity index (χ4v) is 3.15. The zero-order valence-electron chi connectivity index (χ0n) is 12.3. The molecule has 0 amide bonds. The fourth-order valence-electron chi connectivity index (χ4n) is 3.15. The van der Waals surface area contributed by atoms with Crippen LogP contribution in [0.2, 0.25) is 0 Å². The minimum atomic E-state index is 0.267. The summed E-state index contributed by atoms with van der Waals surface area (Å²) in [4.78, 5) is 10.4. The number of rotatable bonds is 2. The van der Waals surface area contributed by atoms with Crippen LogP contribution in [0.4, 0.5) is 0 Å². The van der Waals surface area contributed by atoms with Gasteiger partial charge in [0.05, 0.1) is 29.8 Å². The van der Waals surface area contributed by atoms with E-state index in [1.807, 2.05) is 12.1 Å². The van der Waals surface area contributed by atoms with Crippen molar-refractivity contribution >= 4 is 11.0 Å². The Balaban J connectivity index is 1.57. The van der Waals surface area contributed by atoms with Crippen LogP contribution in [0.3, 0.4) is 0 Å². The highest BCUT2D eigenvalue weighted by molar-refractivity contribution is 5.80. The van der Waals surface area contributed by atoms with Crippen molar-refractivity contribution in [3.63, 3.8) is 0 Å². The number of morpholine rings is 1. The SMILES string of the molecule is CC1CN(Cc2nc3cc4c(cc3[nH]2)OCO4)CC(C)O1. The van der Waals surface area contributed by atoms with Crippen molar-refractivity contribution in [3.8, 4) is 11.5 Å². The van der Waals surface area contributed by atoms with E-state index in [9.17, 15) is 0 Å². The topological polar surface area (TPSA) is 59.6 Å². The summed E-state index contributed by atoms with van der Waals surface area (Å²) < 4.78 is 16.5. The molecule has 1 aromatic carbocycles. The molecule has 3 heterocycles. The van der Waals surface area contributed by atoms with E-state index in [0.717, 1.165) is 48.0 Å². The quantitative estimate of drug-likeness (QED) is 0.915. The summed E-state index contributed by atoms with van der Waals surface area (Å²) in [5, 5.41) is 0. The molecule has 1 fully saturated rings. The fraction of sp³-hybridized carbons (Fsp3) is 0.533. The molecule has 6 nitrogen and oxygen atoms in total. The van der Waals surface area contributed by atoms with E-state index < -0.39 is 0 Å². The van der Waals surface area contributed by atoms with Gasteiger partial charge in [0.1, 0.15) is 5.82 Å². The largest absolute Gasteiger partial charge is 0.454 e. The van der Waals surface area contributed by atoms with Crippen LogP contribution < -0.4 is 9.47 Å². The smallest absolute Gasteiger partial charge is 0.231 e. The van der Waals surface area contributed by atoms with Gasteiger partial charge in [0.15, 0.2) is 11.5 Å². The first kappa shape index (κ1) is 12.9. The van der Waals surface area contributed by atoms with E-state index in [0.29, 0.717) is 6.79 Å². The van der Waals surface area contributed by atoms with Crippen LogP contribution in [0.5, 0.6) is 11.5 Å². The maximum Gasteiger partial charge on any atom is 0.231 e. The molecule has 0 bridgehead atoms. The third-order valence-electron chi connectivity index (χ3n) is 3.89. The molecule has 21 heavy (non-hydrogen) atoms. The first-order valence-corrected chi connectivity index (χ1v) is 7.33. The van der Waals surface area contributed by atoms with E-state index in [-0.39, 0.29) is 12.2 Å². The van der Waals surface area contributed by atoms with Gasteiger partial charge < -0.3 is 19.2 Å². The minimum Gasteiger partial charge on any atom is -0.454 e. The van der Waals surface area contributed by atoms with Gasteiger partial charge in [-0.1, -0.05) is 0 Å². The maximum atomic E-state index is 5.76. The molecule has 0 saturated carbocycles. The first-order chi connectivity index (χ1) is 10.2. The summed E-state index contributed by atoms with van der Waals surface area (Å²) in [6, 6.07) is 3.89. The molecule has 2 aromatic rings. The van der Waals surface area contributed by atoms with E-state index in [1.165, 1.54) is 0 Å². The van der Waals surface area contributed by atoms with E-state index in [4.69, 9.17) is 14.2 Å². The van der Waals surface area contributed by atoms with Crippen molar-refractivity contribution in [1.29, 1.82) is 0 Å². The van der Waals surface area contributed by atoms with E-state index in [1.54, 1.807) is 0 Å². The molecule has 4 rings (SSSR count). The predicted molar refractivity (Wildman–Crippen MR) is 77.5 cm³/mol. The number of nitrogens with one attached hydrogen (secondary N) is 1. The Morgan fingerprint density at radius 2 is 1.90 bits per heavy atom. The number of benzene rings is 1. The second kappa shape index (κ2) is 4.89. The number of hydrogen-bond donors (Lipinski definition) is 1. The van der Waals surface area contributed by atoms with Crippen molar-refractivity contribution in [3.05, 3.63) is 18.0 Å². The van der Waals surface area contributed by atoms with Gasteiger partial charge in [0.2, 0.25) is 6.79 Å². The second-order valence-corrected chi connectivity index (χ2v) is 5.86. The Kier molecular flexibility index (Phi) is 3.01. The van der Waals surface area contributed by atoms with E-state index in [2.05, 4.69) is 28.7 Å². The molecule has 0 aliphatic carbocycles. The Morgan fingerprint density at radius 1 is 1.19 bits per heavy atom. The number of hydrogen-bond acceptors (Lipinski definition) is 5. The molecule has 112 valence electrons. The number of aromatic amines is 1. The monoisotopic (exact) mass is 289 g/mol. The van der Waals surface area contributed by atoms with Crippen LogP contribution in [0.25, 0.3) is 11.0 Å². The van der Waals surface area contributed by atoms with Crippen molar-refractivity contribution < 1.29 is 14.2 Å². The van der Waals surface area contributed by atoms with Crippen LogP contribution in [-0.2, 0) is 11.3 Å². The lowest BCUT2D eigenvalue weighted by molar-refractivity contribution is -0.0710. The molecule has 1 aromatic heterocycles. The van der Waals surface area contributed by atoms with Crippen LogP contribution in [0, 0.1) is 0 Å². The van der Waals surface area contributed by atoms with Crippen molar-refractivity contribution in [2.75, 3.05) is 19.9 Å². The van der Waals surface area contributed by atoms with Crippen LogP contribution in [-0.4, -0.2) is 47.0 Å². The van der Waals surface area contributed by atoms with Gasteiger partial charge in [-0.15, -0.1) is 0 Å². The number of aromatic nitrogens is 2. The third-order valence-corrected chi connectivity index (χ3v) is 3.89. The number of imidazole rings is 1. The molecule has 2 aliphatic heterocycles. The van der Waals surface area contributed by atoms with Gasteiger partial charge in [0, 0.05) is 25.2 Å². The summed E-state index contributed by atoms with van der Waals surface area (Å²) in [7, 11) is 0. The Bertz CT molecular complexity index is 618. The zero-order chi connectivity index (χ0) is 14.4. The lowest BCUT2D eigenvalue weighted by Gasteiger charge is -2.34. The standard InChI is InChI=1S/C15H19N3O3/c1-9-5-18(6-10(2)21-9)7-15-16-11-3-13-14(20-8-19-13)4-12(11)17-15/h3-4,9-10H,5-8H2,1-2H3,(H,16,17). The second-order valence-electron chi connectivity index (χ2n) is 5.86. The summed E-state index contributed by atoms with van der Waals surface area (Å²) in [6.45, 7) is 7.19. The average molecular weight is 289 g/mol. The van der Waals surface area contributed by atoms with Crippen LogP contribution >= 0.6 is 0 Å². The summed E-state index contributed by atoms with van der Waals surface area (Å²) >= 11 is 0. The van der Waals surface area contributed by atoms with Crippen molar-refractivity contribution in [2.45, 2.75) is 32.6 Å². The van der Waals surface area contributed by atoms with Gasteiger partial charge in [-0.05, 0) is 13.8 Å². The van der Waals surface area contributed by atoms with Gasteiger partial charge in [-0.3, -0.25) is 4.90 Å². The van der Waals surface area contributed by atoms with Crippen molar-refractivity contribution in [2.24, 2.45) is 0 Å². The Hall–Kier alpha value is -1.79. The van der Waals surface area contributed by atoms with E-state index >= 15 is 0 Å². The molecule has 6 heteroatoms. The predicted octanol–water partition coefficient (Wildman–Crippen LogP) is 1.90. The number of fused-ring (bicyclic) bond motifs is 2. The minimum absolute atomic E-state index is 0.267. The summed E-state index contributed by atoms with van der Waals surface area (Å²) in [6.07, 6.45) is 0.535. The van der Waals surface area contributed by atoms with Crippen LogP contribution in [0.1, 0.15) is 19.7 Å². The molecule has 0 spiro atoms. The third kappa shape index (κ3) is 2.45. The molecule has 2 atom stereocenters. The molecule has 2 unspecified atom stereocenters. The highest BCUT2D eigenvalue weighted by Gasteiger charge is 2.23. The lowest BCUT2D eigenvalue weighted by Crippen LogP contribution is -2.44. The summed E-state index contributed by atoms with van der Waals surface area (Å²) in [5.74, 6) is 2.52. The Labute approximate surface area is 123 Å². The summed E-state index contributed by atoms with van der Waals surface area (Å²) in [5.41, 5.74) is 1.91. The highest BCUT2D eigenvalue weighted by atomic mass is 16.7. The maximum absolute atomic E-state index is 5.76. The molecule has 1 saturated heterocycles. The van der Waals surface area contributed by atoms with Crippen LogP contribution in [0.15, 0.2) is 12.1 Å². The van der Waals surface area contributed by atoms with Gasteiger partial charge >= 0.3 is 0 Å². The van der Waals surface area contributed by atoms with Gasteiger partial charge in [-0.25, -0.2) is 4.98 Å². The average Bonchev–Trinajstić information content (AvgIpc) is 2.99. The van der Waals surface area contributed by atoms with Crippen molar-refractivity contribution in [1.82, 2.24) is 14.9 Å². The first-order valence-electron chi connectivity index (χ1n) is 7.33. The molecule has 2 aliphatic rings. The molecular weight excluding hydrogens is 270 g/mol. The number of H-pyrrole nitrogens is 1. The van der Waals surface area contributed by atoms with Gasteiger partial charge in [-0.2, -0.15) is 0 Å². The molecule has 0 radical (unpaired) electrons. The molecule has 1 N–H and O–H groups in total.